The summed E-state index contributed by atoms with van der Waals surface area (Å²) < 4.78 is 0. The summed E-state index contributed by atoms with van der Waals surface area (Å²) in [5, 5.41) is 0. The van der Waals surface area contributed by atoms with Gasteiger partial charge in [0.1, 0.15) is 7.28 Å². The van der Waals surface area contributed by atoms with Crippen LogP contribution >= 0.6 is 0 Å². The molecule has 0 amide bonds. The largest absolute Gasteiger partial charge is 0.110 e. The molecular weight excluding hydrogens is 119 g/mol. The molecule has 0 N–H and O–H groups in total. The summed E-state index contributed by atoms with van der Waals surface area (Å²) in [6, 6.07) is 0. The minimum Gasteiger partial charge on any atom is -0.0917 e. The van der Waals surface area contributed by atoms with E-state index in [2.05, 4.69) is 26.3 Å². The molecule has 10 heavy (non-hydrogen) atoms. The van der Waals surface area contributed by atoms with E-state index in [-0.39, 0.29) is 0 Å². The van der Waals surface area contributed by atoms with E-state index in [9.17, 15) is 0 Å². The summed E-state index contributed by atoms with van der Waals surface area (Å²) in [6.45, 7) is 2.19. The molecular formula is C9H16B. The number of rotatable bonds is 1. The van der Waals surface area contributed by atoms with Crippen molar-refractivity contribution in [2.45, 2.75) is 44.7 Å². The standard InChI is InChI=1S/C9H16B/c1-10-9-7-5-3-2-4-6-8-9/h2-3,9H,4-8H2,1H3/b3-2-. The Morgan fingerprint density at radius 2 is 2.00 bits per heavy atom. The van der Waals surface area contributed by atoms with Gasteiger partial charge in [-0.05, 0) is 12.8 Å². The van der Waals surface area contributed by atoms with E-state index in [1.165, 1.54) is 32.1 Å². The van der Waals surface area contributed by atoms with Crippen LogP contribution in [0.15, 0.2) is 12.2 Å². The lowest BCUT2D eigenvalue weighted by molar-refractivity contribution is 0.632. The maximum Gasteiger partial charge on any atom is 0.110 e. The summed E-state index contributed by atoms with van der Waals surface area (Å²) in [7, 11) is 2.36. The third-order valence-electron chi connectivity index (χ3n) is 2.29. The van der Waals surface area contributed by atoms with Gasteiger partial charge in [0.05, 0.1) is 0 Å². The molecule has 1 heteroatoms. The zero-order chi connectivity index (χ0) is 7.23. The van der Waals surface area contributed by atoms with Crippen LogP contribution in [0.3, 0.4) is 0 Å². The second-order valence-electron chi connectivity index (χ2n) is 3.07. The predicted octanol–water partition coefficient (Wildman–Crippen LogP) is 3.05. The number of allylic oxidation sites excluding steroid dienone is 2. The van der Waals surface area contributed by atoms with Gasteiger partial charge in [0, 0.05) is 0 Å². The van der Waals surface area contributed by atoms with Gasteiger partial charge in [0.15, 0.2) is 0 Å². The lowest BCUT2D eigenvalue weighted by atomic mass is 9.62. The van der Waals surface area contributed by atoms with Gasteiger partial charge in [-0.2, -0.15) is 0 Å². The predicted molar refractivity (Wildman–Crippen MR) is 47.6 cm³/mol. The third-order valence-corrected chi connectivity index (χ3v) is 2.29. The molecule has 0 saturated carbocycles. The van der Waals surface area contributed by atoms with Crippen LogP contribution in [0.2, 0.25) is 12.6 Å². The van der Waals surface area contributed by atoms with Crippen molar-refractivity contribution >= 4 is 7.28 Å². The van der Waals surface area contributed by atoms with Gasteiger partial charge in [-0.25, -0.2) is 0 Å². The molecule has 0 saturated heterocycles. The van der Waals surface area contributed by atoms with Gasteiger partial charge < -0.3 is 0 Å². The molecule has 0 spiro atoms. The fraction of sp³-hybridized carbons (Fsp3) is 0.778. The van der Waals surface area contributed by atoms with Gasteiger partial charge in [0.2, 0.25) is 0 Å². The summed E-state index contributed by atoms with van der Waals surface area (Å²) in [6.07, 6.45) is 11.4. The van der Waals surface area contributed by atoms with Crippen LogP contribution in [0, 0.1) is 0 Å². The van der Waals surface area contributed by atoms with Crippen LogP contribution in [0.4, 0.5) is 0 Å². The summed E-state index contributed by atoms with van der Waals surface area (Å²) in [4.78, 5) is 0. The van der Waals surface area contributed by atoms with E-state index in [0.29, 0.717) is 0 Å². The first-order valence-electron chi connectivity index (χ1n) is 4.38. The quantitative estimate of drug-likeness (QED) is 0.383. The van der Waals surface area contributed by atoms with E-state index < -0.39 is 0 Å². The topological polar surface area (TPSA) is 0 Å². The molecule has 0 heterocycles. The molecule has 1 aliphatic carbocycles. The van der Waals surface area contributed by atoms with Gasteiger partial charge in [0.25, 0.3) is 0 Å². The van der Waals surface area contributed by atoms with Crippen molar-refractivity contribution in [3.8, 4) is 0 Å². The molecule has 0 bridgehead atoms. The fourth-order valence-electron chi connectivity index (χ4n) is 1.52. The molecule has 0 aliphatic heterocycles. The maximum atomic E-state index is 2.36. The van der Waals surface area contributed by atoms with Crippen molar-refractivity contribution < 1.29 is 0 Å². The first-order valence-corrected chi connectivity index (χ1v) is 4.38. The molecule has 1 atom stereocenters. The minimum absolute atomic E-state index is 0.893. The lowest BCUT2D eigenvalue weighted by Crippen LogP contribution is -2.00. The highest BCUT2D eigenvalue weighted by Gasteiger charge is 2.06. The first-order chi connectivity index (χ1) is 4.93. The second-order valence-corrected chi connectivity index (χ2v) is 3.07. The van der Waals surface area contributed by atoms with E-state index >= 15 is 0 Å². The van der Waals surface area contributed by atoms with Gasteiger partial charge >= 0.3 is 0 Å². The van der Waals surface area contributed by atoms with Crippen molar-refractivity contribution in [3.63, 3.8) is 0 Å². The number of hydrogen-bond acceptors (Lipinski definition) is 0. The van der Waals surface area contributed by atoms with Gasteiger partial charge in [-0.3, -0.25) is 0 Å². The Balaban J connectivity index is 2.27. The Morgan fingerprint density at radius 1 is 1.20 bits per heavy atom. The highest BCUT2D eigenvalue weighted by Crippen LogP contribution is 2.22. The Labute approximate surface area is 65.0 Å². The summed E-state index contributed by atoms with van der Waals surface area (Å²) in [5.41, 5.74) is 0. The summed E-state index contributed by atoms with van der Waals surface area (Å²) in [5.74, 6) is 0.893. The number of hydrogen-bond donors (Lipinski definition) is 0. The molecule has 1 unspecified atom stereocenters. The van der Waals surface area contributed by atoms with Crippen molar-refractivity contribution in [3.05, 3.63) is 12.2 Å². The maximum absolute atomic E-state index is 2.36. The Morgan fingerprint density at radius 3 is 2.80 bits per heavy atom. The molecule has 1 aliphatic rings. The lowest BCUT2D eigenvalue weighted by Gasteiger charge is -2.13. The smallest absolute Gasteiger partial charge is 0.0917 e. The van der Waals surface area contributed by atoms with Crippen LogP contribution in [-0.2, 0) is 0 Å². The molecule has 0 aromatic rings. The Bertz CT molecular complexity index is 107. The normalized spacial score (nSPS) is 30.3. The molecule has 0 fully saturated rings. The highest BCUT2D eigenvalue weighted by molar-refractivity contribution is 6.35. The van der Waals surface area contributed by atoms with Crippen molar-refractivity contribution in [1.29, 1.82) is 0 Å². The van der Waals surface area contributed by atoms with Gasteiger partial charge in [-0.1, -0.05) is 44.1 Å². The molecule has 1 rings (SSSR count). The zero-order valence-electron chi connectivity index (χ0n) is 6.84. The molecule has 1 radical (unpaired) electrons. The zero-order valence-corrected chi connectivity index (χ0v) is 6.84. The molecule has 0 aromatic carbocycles. The van der Waals surface area contributed by atoms with Gasteiger partial charge in [-0.15, -0.1) is 0 Å². The molecule has 0 aromatic heterocycles. The monoisotopic (exact) mass is 135 g/mol. The molecule has 55 valence electrons. The van der Waals surface area contributed by atoms with Crippen LogP contribution in [0.5, 0.6) is 0 Å². The van der Waals surface area contributed by atoms with Crippen molar-refractivity contribution in [2.75, 3.05) is 0 Å². The average molecular weight is 135 g/mol. The van der Waals surface area contributed by atoms with E-state index in [0.717, 1.165) is 5.82 Å². The Hall–Kier alpha value is -0.195. The van der Waals surface area contributed by atoms with E-state index in [1.54, 1.807) is 0 Å². The summed E-state index contributed by atoms with van der Waals surface area (Å²) >= 11 is 0. The van der Waals surface area contributed by atoms with E-state index in [1.807, 2.05) is 0 Å². The second kappa shape index (κ2) is 4.59. The highest BCUT2D eigenvalue weighted by atomic mass is 14.0. The fourth-order valence-corrected chi connectivity index (χ4v) is 1.52. The van der Waals surface area contributed by atoms with Crippen LogP contribution in [0.25, 0.3) is 0 Å². The van der Waals surface area contributed by atoms with Crippen LogP contribution in [-0.4, -0.2) is 7.28 Å². The Kier molecular flexibility index (Phi) is 3.63. The molecule has 0 nitrogen and oxygen atoms in total. The van der Waals surface area contributed by atoms with Crippen molar-refractivity contribution in [1.82, 2.24) is 0 Å². The SMILES string of the molecule is C[B]C1CC/C=C\CCC1. The van der Waals surface area contributed by atoms with Crippen LogP contribution < -0.4 is 0 Å². The average Bonchev–Trinajstić information content (AvgIpc) is 1.87. The van der Waals surface area contributed by atoms with Crippen molar-refractivity contribution in [2.24, 2.45) is 0 Å². The van der Waals surface area contributed by atoms with E-state index in [4.69, 9.17) is 0 Å². The first kappa shape index (κ1) is 7.91. The van der Waals surface area contributed by atoms with Crippen LogP contribution in [0.1, 0.15) is 32.1 Å². The third kappa shape index (κ3) is 2.59. The minimum atomic E-state index is 0.893.